The number of fused-ring (bicyclic) bond motifs is 1. The number of non-ortho nitro benzene ring substituents is 1. The Labute approximate surface area is 183 Å². The number of benzene rings is 2. The number of allylic oxidation sites excluding steroid dienone is 1. The molecule has 0 aromatic heterocycles. The van der Waals surface area contributed by atoms with E-state index in [2.05, 4.69) is 10.1 Å². The van der Waals surface area contributed by atoms with Crippen molar-refractivity contribution in [3.05, 3.63) is 81.5 Å². The summed E-state index contributed by atoms with van der Waals surface area (Å²) in [5, 5.41) is 27.1. The minimum atomic E-state index is -0.614. The summed E-state index contributed by atoms with van der Waals surface area (Å²) in [6.45, 7) is 3.26. The van der Waals surface area contributed by atoms with Crippen LogP contribution in [0.15, 0.2) is 76.0 Å². The highest BCUT2D eigenvalue weighted by atomic mass is 16.6. The maximum atomic E-state index is 12.9. The molecule has 2 aliphatic rings. The van der Waals surface area contributed by atoms with E-state index in [-0.39, 0.29) is 18.1 Å². The molecule has 10 nitrogen and oxygen atoms in total. The number of aliphatic hydroxyl groups excluding tert-OH is 1. The van der Waals surface area contributed by atoms with Crippen LogP contribution >= 0.6 is 0 Å². The van der Waals surface area contributed by atoms with Crippen molar-refractivity contribution in [3.63, 3.8) is 0 Å². The molecule has 0 radical (unpaired) electrons. The lowest BCUT2D eigenvalue weighted by atomic mass is 9.94. The lowest BCUT2D eigenvalue weighted by Gasteiger charge is -2.35. The molecular formula is C22H21N5O5. The summed E-state index contributed by atoms with van der Waals surface area (Å²) in [5.74, 6) is 0.167. The van der Waals surface area contributed by atoms with Crippen LogP contribution in [0.4, 0.5) is 11.4 Å². The maximum absolute atomic E-state index is 12.9. The topological polar surface area (TPSA) is 121 Å². The van der Waals surface area contributed by atoms with E-state index < -0.39 is 23.5 Å². The number of nitrogens with zero attached hydrogens (tertiary/aromatic N) is 5. The van der Waals surface area contributed by atoms with Crippen molar-refractivity contribution in [1.29, 1.82) is 0 Å². The Hall–Kier alpha value is -4.05. The number of hydrazone groups is 1. The highest BCUT2D eigenvalue weighted by Crippen LogP contribution is 2.40. The van der Waals surface area contributed by atoms with Gasteiger partial charge in [-0.3, -0.25) is 15.0 Å². The van der Waals surface area contributed by atoms with E-state index in [9.17, 15) is 20.0 Å². The molecule has 2 aliphatic heterocycles. The number of aliphatic imine (C=N–C) groups is 1. The van der Waals surface area contributed by atoms with Gasteiger partial charge in [-0.05, 0) is 31.5 Å². The Balaban J connectivity index is 1.85. The van der Waals surface area contributed by atoms with Crippen molar-refractivity contribution in [2.45, 2.75) is 19.9 Å². The zero-order valence-corrected chi connectivity index (χ0v) is 17.5. The van der Waals surface area contributed by atoms with E-state index in [1.165, 1.54) is 17.1 Å². The lowest BCUT2D eigenvalue weighted by molar-refractivity contribution is -0.384. The molecule has 0 saturated carbocycles. The molecule has 0 spiro atoms. The van der Waals surface area contributed by atoms with E-state index in [4.69, 9.17) is 4.74 Å². The van der Waals surface area contributed by atoms with E-state index >= 15 is 0 Å². The first-order valence-corrected chi connectivity index (χ1v) is 10.00. The molecule has 1 atom stereocenters. The molecule has 0 bridgehead atoms. The Morgan fingerprint density at radius 1 is 1.19 bits per heavy atom. The molecule has 0 saturated heterocycles. The Bertz CT molecular complexity index is 1140. The molecule has 1 N–H and O–H groups in total. The van der Waals surface area contributed by atoms with Gasteiger partial charge in [-0.1, -0.05) is 30.3 Å². The smallest absolute Gasteiger partial charge is 0.338 e. The quantitative estimate of drug-likeness (QED) is 0.421. The number of hydrogen-bond acceptors (Lipinski definition) is 9. The van der Waals surface area contributed by atoms with Crippen molar-refractivity contribution in [2.24, 2.45) is 10.1 Å². The first-order chi connectivity index (χ1) is 15.5. The fraction of sp³-hybridized carbons (Fsp3) is 0.227. The van der Waals surface area contributed by atoms with Crippen molar-refractivity contribution in [3.8, 4) is 0 Å². The highest BCUT2D eigenvalue weighted by Gasteiger charge is 2.44. The number of carbonyl (C=O) groups is 1. The molecule has 164 valence electrons. The minimum absolute atomic E-state index is 0.0513. The summed E-state index contributed by atoms with van der Waals surface area (Å²) in [6, 6.07) is 14.6. The van der Waals surface area contributed by atoms with E-state index in [0.717, 1.165) is 5.56 Å². The van der Waals surface area contributed by atoms with Gasteiger partial charge in [0, 0.05) is 12.1 Å². The number of carbonyl (C=O) groups excluding carboxylic acids is 1. The molecule has 0 aliphatic carbocycles. The van der Waals surface area contributed by atoms with Crippen LogP contribution in [-0.2, 0) is 9.53 Å². The third kappa shape index (κ3) is 3.60. The van der Waals surface area contributed by atoms with Crippen molar-refractivity contribution >= 4 is 29.1 Å². The summed E-state index contributed by atoms with van der Waals surface area (Å²) in [5.41, 5.74) is 2.10. The van der Waals surface area contributed by atoms with Crippen LogP contribution in [0.5, 0.6) is 0 Å². The molecule has 2 aromatic carbocycles. The standard InChI is InChI=1S/C22H21N5O5/c1-3-32-21(29)19-14(2)23-22-25(20(19)15-7-5-4-6-8-15)18(13-28)24-26(22)16-9-11-17(12-10-16)27(30)31/h4-12,20,28H,3,13H2,1-2H3. The first kappa shape index (κ1) is 21.2. The summed E-state index contributed by atoms with van der Waals surface area (Å²) in [4.78, 5) is 29.7. The lowest BCUT2D eigenvalue weighted by Crippen LogP contribution is -2.45. The van der Waals surface area contributed by atoms with Gasteiger partial charge in [0.25, 0.3) is 5.69 Å². The second-order valence-corrected chi connectivity index (χ2v) is 7.07. The fourth-order valence-electron chi connectivity index (χ4n) is 3.74. The Morgan fingerprint density at radius 2 is 1.88 bits per heavy atom. The van der Waals surface area contributed by atoms with E-state index in [1.54, 1.807) is 30.9 Å². The van der Waals surface area contributed by atoms with Gasteiger partial charge in [0.2, 0.25) is 5.96 Å². The molecule has 1 unspecified atom stereocenters. The minimum Gasteiger partial charge on any atom is -0.463 e. The van der Waals surface area contributed by atoms with Gasteiger partial charge in [0.1, 0.15) is 6.61 Å². The summed E-state index contributed by atoms with van der Waals surface area (Å²) >= 11 is 0. The van der Waals surface area contributed by atoms with Crippen molar-refractivity contribution in [2.75, 3.05) is 18.2 Å². The van der Waals surface area contributed by atoms with Crippen LogP contribution in [0, 0.1) is 10.1 Å². The number of guanidine groups is 1. The number of anilines is 1. The number of nitro groups is 1. The largest absolute Gasteiger partial charge is 0.463 e. The van der Waals surface area contributed by atoms with Crippen LogP contribution < -0.4 is 5.01 Å². The van der Waals surface area contributed by atoms with Gasteiger partial charge < -0.3 is 9.84 Å². The molecule has 32 heavy (non-hydrogen) atoms. The highest BCUT2D eigenvalue weighted by molar-refractivity contribution is 6.15. The zero-order chi connectivity index (χ0) is 22.8. The molecule has 10 heteroatoms. The second-order valence-electron chi connectivity index (χ2n) is 7.07. The van der Waals surface area contributed by atoms with Gasteiger partial charge in [0.05, 0.1) is 34.5 Å². The number of ether oxygens (including phenoxy) is 1. The van der Waals surface area contributed by atoms with Gasteiger partial charge in [-0.25, -0.2) is 9.79 Å². The average molecular weight is 435 g/mol. The van der Waals surface area contributed by atoms with Crippen molar-refractivity contribution in [1.82, 2.24) is 4.90 Å². The summed E-state index contributed by atoms with van der Waals surface area (Å²) < 4.78 is 5.30. The molecule has 0 fully saturated rings. The Kier molecular flexibility index (Phi) is 5.69. The second kappa shape index (κ2) is 8.60. The van der Waals surface area contributed by atoms with Crippen LogP contribution in [0.25, 0.3) is 0 Å². The number of esters is 1. The number of rotatable bonds is 6. The number of nitro benzene ring substituents is 1. The molecule has 2 aromatic rings. The molecule has 4 rings (SSSR count). The number of hydrogen-bond donors (Lipinski definition) is 1. The first-order valence-electron chi connectivity index (χ1n) is 10.00. The SMILES string of the molecule is CCOC(=O)C1=C(C)N=C2N(c3ccc([N+](=O)[O-])cc3)N=C(CO)N2C1c1ccccc1. The fourth-order valence-corrected chi connectivity index (χ4v) is 3.74. The van der Waals surface area contributed by atoms with Crippen LogP contribution in [-0.4, -0.2) is 45.9 Å². The van der Waals surface area contributed by atoms with E-state index in [0.29, 0.717) is 22.9 Å². The van der Waals surface area contributed by atoms with Gasteiger partial charge in [-0.2, -0.15) is 5.01 Å². The monoisotopic (exact) mass is 435 g/mol. The summed E-state index contributed by atoms with van der Waals surface area (Å²) in [6.07, 6.45) is 0. The van der Waals surface area contributed by atoms with Crippen LogP contribution in [0.2, 0.25) is 0 Å². The predicted molar refractivity (Wildman–Crippen MR) is 118 cm³/mol. The third-order valence-corrected chi connectivity index (χ3v) is 5.14. The predicted octanol–water partition coefficient (Wildman–Crippen LogP) is 2.97. The van der Waals surface area contributed by atoms with Crippen LogP contribution in [0.1, 0.15) is 25.5 Å². The Morgan fingerprint density at radius 3 is 2.47 bits per heavy atom. The normalized spacial score (nSPS) is 17.7. The van der Waals surface area contributed by atoms with E-state index in [1.807, 2.05) is 30.3 Å². The van der Waals surface area contributed by atoms with Crippen LogP contribution in [0.3, 0.4) is 0 Å². The average Bonchev–Trinajstić information content (AvgIpc) is 3.17. The third-order valence-electron chi connectivity index (χ3n) is 5.14. The zero-order valence-electron chi connectivity index (χ0n) is 17.5. The number of aliphatic hydroxyl groups is 1. The number of amidine groups is 1. The molecular weight excluding hydrogens is 414 g/mol. The van der Waals surface area contributed by atoms with Gasteiger partial charge in [-0.15, -0.1) is 5.10 Å². The van der Waals surface area contributed by atoms with Crippen molar-refractivity contribution < 1.29 is 19.6 Å². The molecule has 2 heterocycles. The maximum Gasteiger partial charge on any atom is 0.338 e. The molecule has 0 amide bonds. The van der Waals surface area contributed by atoms with Gasteiger partial charge >= 0.3 is 5.97 Å². The van der Waals surface area contributed by atoms with Gasteiger partial charge in [0.15, 0.2) is 5.84 Å². The summed E-state index contributed by atoms with van der Waals surface area (Å²) in [7, 11) is 0.